The molecule has 1 aliphatic rings. The summed E-state index contributed by atoms with van der Waals surface area (Å²) in [6.45, 7) is 3.64. The number of carbonyl (C=O) groups excluding carboxylic acids is 2. The smallest absolute Gasteiger partial charge is 0.267 e. The number of hydrogen-bond acceptors (Lipinski definition) is 7. The number of amides is 2. The van der Waals surface area contributed by atoms with Gasteiger partial charge in [-0.25, -0.2) is 4.39 Å². The van der Waals surface area contributed by atoms with Crippen LogP contribution in [0.3, 0.4) is 0 Å². The fourth-order valence-corrected chi connectivity index (χ4v) is 2.82. The number of nitrogens with two attached hydrogens (primary N) is 1. The van der Waals surface area contributed by atoms with Crippen molar-refractivity contribution >= 4 is 23.2 Å². The van der Waals surface area contributed by atoms with Crippen LogP contribution in [0.1, 0.15) is 37.2 Å². The minimum atomic E-state index is -0.997. The number of anilines is 1. The molecule has 1 fully saturated rings. The molecule has 0 bridgehead atoms. The van der Waals surface area contributed by atoms with Crippen molar-refractivity contribution in [1.82, 2.24) is 4.98 Å². The van der Waals surface area contributed by atoms with Crippen LogP contribution in [0.5, 0.6) is 5.75 Å². The Morgan fingerprint density at radius 1 is 1.30 bits per heavy atom. The molecule has 178 valence electrons. The molecule has 3 rings (SSSR count). The van der Waals surface area contributed by atoms with Crippen molar-refractivity contribution in [1.29, 1.82) is 0 Å². The molecule has 2 heterocycles. The molecule has 2 atom stereocenters. The molecule has 1 saturated heterocycles. The van der Waals surface area contributed by atoms with Crippen molar-refractivity contribution in [2.75, 3.05) is 19.0 Å². The van der Waals surface area contributed by atoms with Crippen LogP contribution >= 0.6 is 0 Å². The highest BCUT2D eigenvalue weighted by atomic mass is 19.2. The first-order valence-electron chi connectivity index (χ1n) is 10.1. The number of ether oxygens (including phenoxy) is 2. The van der Waals surface area contributed by atoms with Crippen LogP contribution in [-0.4, -0.2) is 48.4 Å². The van der Waals surface area contributed by atoms with Gasteiger partial charge in [0.25, 0.3) is 11.8 Å². The van der Waals surface area contributed by atoms with E-state index in [-0.39, 0.29) is 30.1 Å². The van der Waals surface area contributed by atoms with E-state index in [9.17, 15) is 18.4 Å². The molecule has 1 aliphatic heterocycles. The van der Waals surface area contributed by atoms with Gasteiger partial charge in [-0.05, 0) is 51.0 Å². The van der Waals surface area contributed by atoms with Gasteiger partial charge in [0.1, 0.15) is 25.5 Å². The molecule has 0 spiro atoms. The highest BCUT2D eigenvalue weighted by Gasteiger charge is 2.28. The predicted octanol–water partition coefficient (Wildman–Crippen LogP) is 3.05. The number of carbonyl (C=O) groups is 2. The lowest BCUT2D eigenvalue weighted by molar-refractivity contribution is -0.126. The summed E-state index contributed by atoms with van der Waals surface area (Å²) in [6, 6.07) is 6.79. The van der Waals surface area contributed by atoms with Gasteiger partial charge in [-0.1, -0.05) is 11.2 Å². The Hall–Kier alpha value is -3.60. The standard InChI is InChI=1S/C12H15N3O3.C10H11F2NO2/c1-7-2-3-10(18-7)12(17)15-8-4-5-14-9(6-8)11(13)16;1-7(13-14-2)6-15-9-5-3-4-8(11)10(9)12/h4-7,10H,2-3H2,1H3,(H2,13,16)(H,14,15,17);3-5H,6H2,1-2H3/b;13-7-. The van der Waals surface area contributed by atoms with Gasteiger partial charge < -0.3 is 25.4 Å². The summed E-state index contributed by atoms with van der Waals surface area (Å²) >= 11 is 0. The Bertz CT molecular complexity index is 1000. The molecule has 33 heavy (non-hydrogen) atoms. The van der Waals surface area contributed by atoms with Gasteiger partial charge in [-0.2, -0.15) is 4.39 Å². The predicted molar refractivity (Wildman–Crippen MR) is 117 cm³/mol. The lowest BCUT2D eigenvalue weighted by Gasteiger charge is -2.11. The number of halogens is 2. The topological polar surface area (TPSA) is 125 Å². The summed E-state index contributed by atoms with van der Waals surface area (Å²) < 4.78 is 36.3. The van der Waals surface area contributed by atoms with Gasteiger partial charge in [0.2, 0.25) is 5.82 Å². The zero-order chi connectivity index (χ0) is 24.4. The maximum Gasteiger partial charge on any atom is 0.267 e. The third-order valence-corrected chi connectivity index (χ3v) is 4.40. The molecule has 2 amide bonds. The summed E-state index contributed by atoms with van der Waals surface area (Å²) in [7, 11) is 1.40. The van der Waals surface area contributed by atoms with E-state index in [1.54, 1.807) is 13.0 Å². The largest absolute Gasteiger partial charge is 0.484 e. The van der Waals surface area contributed by atoms with Crippen molar-refractivity contribution in [3.05, 3.63) is 53.9 Å². The summed E-state index contributed by atoms with van der Waals surface area (Å²) in [5, 5.41) is 6.26. The minimum absolute atomic E-state index is 0.0498. The number of pyridine rings is 1. The van der Waals surface area contributed by atoms with Gasteiger partial charge in [0.15, 0.2) is 11.6 Å². The van der Waals surface area contributed by atoms with Crippen LogP contribution in [0, 0.1) is 11.6 Å². The van der Waals surface area contributed by atoms with Gasteiger partial charge >= 0.3 is 0 Å². The number of primary amides is 1. The molecule has 1 aromatic carbocycles. The van der Waals surface area contributed by atoms with E-state index in [1.807, 2.05) is 6.92 Å². The second-order valence-electron chi connectivity index (χ2n) is 7.15. The van der Waals surface area contributed by atoms with Gasteiger partial charge in [0.05, 0.1) is 11.8 Å². The number of aromatic nitrogens is 1. The minimum Gasteiger partial charge on any atom is -0.484 e. The Kier molecular flexibility index (Phi) is 9.67. The zero-order valence-corrected chi connectivity index (χ0v) is 18.5. The lowest BCUT2D eigenvalue weighted by Crippen LogP contribution is -2.28. The normalized spacial score (nSPS) is 17.5. The zero-order valence-electron chi connectivity index (χ0n) is 18.5. The lowest BCUT2D eigenvalue weighted by atomic mass is 10.2. The first kappa shape index (κ1) is 25.7. The first-order chi connectivity index (χ1) is 15.7. The van der Waals surface area contributed by atoms with E-state index in [1.165, 1.54) is 31.5 Å². The van der Waals surface area contributed by atoms with E-state index in [4.69, 9.17) is 15.2 Å². The van der Waals surface area contributed by atoms with Crippen LogP contribution in [0.25, 0.3) is 0 Å². The first-order valence-corrected chi connectivity index (χ1v) is 10.1. The van der Waals surface area contributed by atoms with E-state index >= 15 is 0 Å². The van der Waals surface area contributed by atoms with Gasteiger partial charge in [-0.15, -0.1) is 0 Å². The number of hydrogen-bond donors (Lipinski definition) is 2. The van der Waals surface area contributed by atoms with E-state index < -0.39 is 23.6 Å². The summed E-state index contributed by atoms with van der Waals surface area (Å²) in [5.74, 6) is -2.91. The maximum absolute atomic E-state index is 13.1. The molecular weight excluding hydrogens is 438 g/mol. The van der Waals surface area contributed by atoms with Crippen LogP contribution in [0.2, 0.25) is 0 Å². The molecule has 3 N–H and O–H groups in total. The molecule has 1 aromatic heterocycles. The van der Waals surface area contributed by atoms with Crippen molar-refractivity contribution in [2.24, 2.45) is 10.9 Å². The average molecular weight is 464 g/mol. The summed E-state index contributed by atoms with van der Waals surface area (Å²) in [6.07, 6.45) is 2.69. The van der Waals surface area contributed by atoms with Gasteiger partial charge in [-0.3, -0.25) is 14.6 Å². The van der Waals surface area contributed by atoms with Gasteiger partial charge in [0, 0.05) is 11.9 Å². The number of rotatable bonds is 7. The third kappa shape index (κ3) is 8.11. The Labute approximate surface area is 189 Å². The highest BCUT2D eigenvalue weighted by molar-refractivity contribution is 5.96. The fraction of sp³-hybridized carbons (Fsp3) is 0.364. The quantitative estimate of drug-likeness (QED) is 0.479. The van der Waals surface area contributed by atoms with Crippen molar-refractivity contribution < 1.29 is 32.7 Å². The number of oxime groups is 1. The van der Waals surface area contributed by atoms with Crippen LogP contribution in [0.4, 0.5) is 14.5 Å². The van der Waals surface area contributed by atoms with Crippen molar-refractivity contribution in [2.45, 2.75) is 38.9 Å². The van der Waals surface area contributed by atoms with Crippen LogP contribution in [0.15, 0.2) is 41.7 Å². The maximum atomic E-state index is 13.1. The SMILES string of the molecule is CC1CCC(C(=O)Nc2ccnc(C(N)=O)c2)O1.CO/N=C(/C)COc1cccc(F)c1F. The van der Waals surface area contributed by atoms with E-state index in [2.05, 4.69) is 20.3 Å². The van der Waals surface area contributed by atoms with Crippen LogP contribution < -0.4 is 15.8 Å². The second kappa shape index (κ2) is 12.4. The third-order valence-electron chi connectivity index (χ3n) is 4.40. The molecule has 0 radical (unpaired) electrons. The molecular formula is C22H26F2N4O5. The Morgan fingerprint density at radius 3 is 2.70 bits per heavy atom. The van der Waals surface area contributed by atoms with Crippen molar-refractivity contribution in [3.8, 4) is 5.75 Å². The van der Waals surface area contributed by atoms with Crippen molar-refractivity contribution in [3.63, 3.8) is 0 Å². The molecule has 2 aromatic rings. The molecule has 0 saturated carbocycles. The number of nitrogens with one attached hydrogen (secondary N) is 1. The molecule has 9 nitrogen and oxygen atoms in total. The number of benzene rings is 1. The molecule has 2 unspecified atom stereocenters. The highest BCUT2D eigenvalue weighted by Crippen LogP contribution is 2.21. The fourth-order valence-electron chi connectivity index (χ4n) is 2.82. The Balaban J connectivity index is 0.000000238. The second-order valence-corrected chi connectivity index (χ2v) is 7.15. The van der Waals surface area contributed by atoms with Crippen LogP contribution in [-0.2, 0) is 14.4 Å². The number of nitrogens with zero attached hydrogens (tertiary/aromatic N) is 2. The average Bonchev–Trinajstić information content (AvgIpc) is 3.22. The molecule has 11 heteroatoms. The Morgan fingerprint density at radius 2 is 2.06 bits per heavy atom. The summed E-state index contributed by atoms with van der Waals surface area (Å²) in [4.78, 5) is 31.1. The van der Waals surface area contributed by atoms with E-state index in [0.717, 1.165) is 12.5 Å². The van der Waals surface area contributed by atoms with E-state index in [0.29, 0.717) is 17.8 Å². The molecule has 0 aliphatic carbocycles. The monoisotopic (exact) mass is 464 g/mol. The summed E-state index contributed by atoms with van der Waals surface area (Å²) in [5.41, 5.74) is 6.26.